The third kappa shape index (κ3) is 4.45. The van der Waals surface area contributed by atoms with Gasteiger partial charge in [0.15, 0.2) is 11.7 Å². The lowest BCUT2D eigenvalue weighted by molar-refractivity contribution is -0.119. The molecule has 0 aliphatic carbocycles. The quantitative estimate of drug-likeness (QED) is 0.436. The number of carbonyl (C=O) groups is 2. The normalized spacial score (nSPS) is 10.7. The first-order valence-corrected chi connectivity index (χ1v) is 10.0. The van der Waals surface area contributed by atoms with Gasteiger partial charge in [-0.3, -0.25) is 10.1 Å². The van der Waals surface area contributed by atoms with Crippen LogP contribution in [0.25, 0.3) is 22.0 Å². The van der Waals surface area contributed by atoms with Crippen molar-refractivity contribution in [2.45, 2.75) is 0 Å². The van der Waals surface area contributed by atoms with Gasteiger partial charge in [0, 0.05) is 16.0 Å². The van der Waals surface area contributed by atoms with Crippen LogP contribution in [0.4, 0.5) is 5.13 Å². The minimum atomic E-state index is -0.554. The summed E-state index contributed by atoms with van der Waals surface area (Å²) in [6.07, 6.45) is 0. The number of thiazole rings is 1. The molecule has 29 heavy (non-hydrogen) atoms. The zero-order chi connectivity index (χ0) is 20.2. The number of rotatable bonds is 5. The van der Waals surface area contributed by atoms with Crippen molar-refractivity contribution in [3.63, 3.8) is 0 Å². The lowest BCUT2D eigenvalue weighted by atomic mass is 10.1. The molecule has 5 nitrogen and oxygen atoms in total. The van der Waals surface area contributed by atoms with Gasteiger partial charge >= 0.3 is 5.97 Å². The van der Waals surface area contributed by atoms with Gasteiger partial charge in [0.05, 0.1) is 11.3 Å². The summed E-state index contributed by atoms with van der Waals surface area (Å²) in [5, 5.41) is 7.39. The van der Waals surface area contributed by atoms with E-state index >= 15 is 0 Å². The Balaban J connectivity index is 1.36. The Kier molecular flexibility index (Phi) is 5.55. The van der Waals surface area contributed by atoms with Gasteiger partial charge in [0.2, 0.25) is 0 Å². The fourth-order valence-corrected chi connectivity index (χ4v) is 3.77. The van der Waals surface area contributed by atoms with Crippen LogP contribution in [0.2, 0.25) is 5.02 Å². The molecule has 0 fully saturated rings. The first-order valence-electron chi connectivity index (χ1n) is 8.76. The summed E-state index contributed by atoms with van der Waals surface area (Å²) in [5.41, 5.74) is 1.85. The number of anilines is 1. The van der Waals surface area contributed by atoms with Gasteiger partial charge in [0.1, 0.15) is 0 Å². The minimum Gasteiger partial charge on any atom is -0.452 e. The number of fused-ring (bicyclic) bond motifs is 1. The number of ether oxygens (including phenoxy) is 1. The highest BCUT2D eigenvalue weighted by Crippen LogP contribution is 2.30. The molecule has 4 rings (SSSR count). The summed E-state index contributed by atoms with van der Waals surface area (Å²) >= 11 is 7.44. The van der Waals surface area contributed by atoms with Gasteiger partial charge in [0.25, 0.3) is 5.91 Å². The second-order valence-electron chi connectivity index (χ2n) is 6.20. The van der Waals surface area contributed by atoms with E-state index in [9.17, 15) is 9.59 Å². The molecule has 1 N–H and O–H groups in total. The van der Waals surface area contributed by atoms with Crippen molar-refractivity contribution in [1.29, 1.82) is 0 Å². The largest absolute Gasteiger partial charge is 0.452 e. The third-order valence-electron chi connectivity index (χ3n) is 4.22. The number of nitrogens with zero attached hydrogens (tertiary/aromatic N) is 1. The molecule has 1 aromatic heterocycles. The van der Waals surface area contributed by atoms with Gasteiger partial charge < -0.3 is 4.74 Å². The van der Waals surface area contributed by atoms with Gasteiger partial charge in [-0.1, -0.05) is 60.1 Å². The summed E-state index contributed by atoms with van der Waals surface area (Å²) in [6, 6.07) is 20.3. The molecule has 4 aromatic rings. The van der Waals surface area contributed by atoms with Crippen LogP contribution in [0.3, 0.4) is 0 Å². The number of benzene rings is 3. The minimum absolute atomic E-state index is 0.395. The molecule has 7 heteroatoms. The molecule has 3 aromatic carbocycles. The Labute approximate surface area is 175 Å². The smallest absolute Gasteiger partial charge is 0.338 e. The van der Waals surface area contributed by atoms with Crippen LogP contribution < -0.4 is 5.32 Å². The molecule has 0 bridgehead atoms. The molecule has 0 aliphatic heterocycles. The van der Waals surface area contributed by atoms with Gasteiger partial charge in [-0.05, 0) is 29.0 Å². The van der Waals surface area contributed by atoms with E-state index in [1.807, 2.05) is 48.5 Å². The zero-order valence-corrected chi connectivity index (χ0v) is 16.7. The lowest BCUT2D eigenvalue weighted by Gasteiger charge is -2.06. The lowest BCUT2D eigenvalue weighted by Crippen LogP contribution is -2.20. The number of hydrogen-bond acceptors (Lipinski definition) is 5. The van der Waals surface area contributed by atoms with Crippen molar-refractivity contribution in [1.82, 2.24) is 4.98 Å². The van der Waals surface area contributed by atoms with Crippen LogP contribution in [-0.4, -0.2) is 23.5 Å². The van der Waals surface area contributed by atoms with E-state index in [0.29, 0.717) is 21.4 Å². The first-order chi connectivity index (χ1) is 14.1. The molecular formula is C22H15ClN2O3S. The van der Waals surface area contributed by atoms with Gasteiger partial charge in [-0.25, -0.2) is 9.78 Å². The maximum atomic E-state index is 12.2. The number of esters is 1. The number of hydrogen-bond donors (Lipinski definition) is 1. The number of carbonyl (C=O) groups excluding carboxylic acids is 2. The van der Waals surface area contributed by atoms with Crippen LogP contribution >= 0.6 is 22.9 Å². The van der Waals surface area contributed by atoms with E-state index in [1.165, 1.54) is 11.3 Å². The van der Waals surface area contributed by atoms with E-state index in [2.05, 4.69) is 10.3 Å². The Morgan fingerprint density at radius 2 is 1.76 bits per heavy atom. The predicted molar refractivity (Wildman–Crippen MR) is 115 cm³/mol. The van der Waals surface area contributed by atoms with Crippen molar-refractivity contribution in [3.8, 4) is 11.3 Å². The van der Waals surface area contributed by atoms with Gasteiger partial charge in [-0.2, -0.15) is 0 Å². The van der Waals surface area contributed by atoms with Crippen LogP contribution in [0.5, 0.6) is 0 Å². The van der Waals surface area contributed by atoms with Crippen molar-refractivity contribution in [3.05, 3.63) is 82.7 Å². The molecule has 144 valence electrons. The summed E-state index contributed by atoms with van der Waals surface area (Å²) in [7, 11) is 0. The number of amides is 1. The SMILES string of the molecule is O=C(COC(=O)c1ccc2ccccc2c1)Nc1nc(-c2ccccc2Cl)cs1. The third-order valence-corrected chi connectivity index (χ3v) is 5.31. The Morgan fingerprint density at radius 3 is 2.59 bits per heavy atom. The fourth-order valence-electron chi connectivity index (χ4n) is 2.81. The number of aromatic nitrogens is 1. The van der Waals surface area contributed by atoms with E-state index < -0.39 is 18.5 Å². The zero-order valence-electron chi connectivity index (χ0n) is 15.1. The van der Waals surface area contributed by atoms with Crippen molar-refractivity contribution in [2.24, 2.45) is 0 Å². The topological polar surface area (TPSA) is 68.3 Å². The summed E-state index contributed by atoms with van der Waals surface area (Å²) in [6.45, 7) is -0.396. The van der Waals surface area contributed by atoms with E-state index in [4.69, 9.17) is 16.3 Å². The number of halogens is 1. The van der Waals surface area contributed by atoms with Crippen LogP contribution in [0.1, 0.15) is 10.4 Å². The van der Waals surface area contributed by atoms with Crippen molar-refractivity contribution >= 4 is 50.7 Å². The molecule has 0 saturated carbocycles. The molecule has 0 aliphatic rings. The molecule has 0 unspecified atom stereocenters. The maximum absolute atomic E-state index is 12.2. The molecule has 0 saturated heterocycles. The second kappa shape index (κ2) is 8.43. The van der Waals surface area contributed by atoms with Crippen LogP contribution in [0.15, 0.2) is 72.1 Å². The first kappa shape index (κ1) is 19.1. The highest BCUT2D eigenvalue weighted by atomic mass is 35.5. The van der Waals surface area contributed by atoms with E-state index in [-0.39, 0.29) is 0 Å². The average molecular weight is 423 g/mol. The molecule has 1 heterocycles. The Bertz CT molecular complexity index is 1210. The van der Waals surface area contributed by atoms with E-state index in [1.54, 1.807) is 23.6 Å². The molecule has 1 amide bonds. The summed E-state index contributed by atoms with van der Waals surface area (Å²) in [4.78, 5) is 28.7. The molecule has 0 spiro atoms. The van der Waals surface area contributed by atoms with Gasteiger partial charge in [-0.15, -0.1) is 11.3 Å². The fraction of sp³-hybridized carbons (Fsp3) is 0.0455. The Hall–Kier alpha value is -3.22. The highest BCUT2D eigenvalue weighted by Gasteiger charge is 2.13. The highest BCUT2D eigenvalue weighted by molar-refractivity contribution is 7.14. The van der Waals surface area contributed by atoms with Crippen molar-refractivity contribution in [2.75, 3.05) is 11.9 Å². The Morgan fingerprint density at radius 1 is 1.00 bits per heavy atom. The molecule has 0 radical (unpaired) electrons. The summed E-state index contributed by atoms with van der Waals surface area (Å²) < 4.78 is 5.13. The average Bonchev–Trinajstić information content (AvgIpc) is 3.20. The van der Waals surface area contributed by atoms with Crippen LogP contribution in [0, 0.1) is 0 Å². The van der Waals surface area contributed by atoms with Crippen molar-refractivity contribution < 1.29 is 14.3 Å². The maximum Gasteiger partial charge on any atom is 0.338 e. The molecular weight excluding hydrogens is 408 g/mol. The van der Waals surface area contributed by atoms with E-state index in [0.717, 1.165) is 16.3 Å². The summed E-state index contributed by atoms with van der Waals surface area (Å²) in [5.74, 6) is -1.01. The second-order valence-corrected chi connectivity index (χ2v) is 7.47. The standard InChI is InChI=1S/C22H15ClN2O3S/c23-18-8-4-3-7-17(18)19-13-29-22(24-19)25-20(26)12-28-21(27)16-10-9-14-5-1-2-6-15(14)11-16/h1-11,13H,12H2,(H,24,25,26). The predicted octanol–water partition coefficient (Wildman–Crippen LogP) is 5.41. The van der Waals surface area contributed by atoms with Crippen LogP contribution in [-0.2, 0) is 9.53 Å². The molecule has 0 atom stereocenters. The monoisotopic (exact) mass is 422 g/mol. The number of nitrogens with one attached hydrogen (secondary N) is 1.